The maximum atomic E-state index is 13.2. The first-order valence-corrected chi connectivity index (χ1v) is 9.80. The SMILES string of the molecule is CC(C)(C)[Si](C)(C)OS(=O)(=O)C(F)(F)C(F)(F)C(F)(F)F. The van der Waals surface area contributed by atoms with E-state index in [1.807, 2.05) is 0 Å². The Balaban J connectivity index is 5.85. The Morgan fingerprint density at radius 3 is 1.43 bits per heavy atom. The molecular weight excluding hydrogens is 349 g/mol. The molecule has 128 valence electrons. The Hall–Kier alpha value is -0.363. The molecule has 0 amide bonds. The van der Waals surface area contributed by atoms with Crippen molar-refractivity contribution in [2.45, 2.75) is 56.3 Å². The molecule has 0 atom stereocenters. The highest BCUT2D eigenvalue weighted by molar-refractivity contribution is 7.88. The van der Waals surface area contributed by atoms with E-state index in [-0.39, 0.29) is 0 Å². The van der Waals surface area contributed by atoms with Crippen LogP contribution in [0.2, 0.25) is 18.1 Å². The highest BCUT2D eigenvalue weighted by Crippen LogP contribution is 2.51. The third-order valence-electron chi connectivity index (χ3n) is 3.16. The quantitative estimate of drug-likeness (QED) is 0.557. The predicted molar refractivity (Wildman–Crippen MR) is 63.2 cm³/mol. The molecule has 0 fully saturated rings. The summed E-state index contributed by atoms with van der Waals surface area (Å²) in [6, 6.07) is 0. The minimum Gasteiger partial charge on any atom is -0.310 e. The van der Waals surface area contributed by atoms with E-state index in [1.165, 1.54) is 20.8 Å². The summed E-state index contributed by atoms with van der Waals surface area (Å²) in [5, 5.41) is -7.42. The molecular formula is C9H15F7O3SSi. The topological polar surface area (TPSA) is 43.4 Å². The Kier molecular flexibility index (Phi) is 4.99. The van der Waals surface area contributed by atoms with Crippen molar-refractivity contribution in [1.82, 2.24) is 0 Å². The van der Waals surface area contributed by atoms with Crippen molar-refractivity contribution in [2.75, 3.05) is 0 Å². The molecule has 0 rings (SSSR count). The molecule has 0 bridgehead atoms. The number of rotatable bonds is 4. The second kappa shape index (κ2) is 5.08. The monoisotopic (exact) mass is 364 g/mol. The van der Waals surface area contributed by atoms with Gasteiger partial charge in [0, 0.05) is 0 Å². The van der Waals surface area contributed by atoms with Gasteiger partial charge in [-0.05, 0) is 18.1 Å². The maximum absolute atomic E-state index is 13.2. The van der Waals surface area contributed by atoms with Crippen molar-refractivity contribution in [3.63, 3.8) is 0 Å². The lowest BCUT2D eigenvalue weighted by atomic mass is 10.2. The van der Waals surface area contributed by atoms with Crippen molar-refractivity contribution < 1.29 is 43.0 Å². The van der Waals surface area contributed by atoms with Crippen LogP contribution in [0.3, 0.4) is 0 Å². The van der Waals surface area contributed by atoms with Gasteiger partial charge >= 0.3 is 27.5 Å². The largest absolute Gasteiger partial charge is 0.461 e. The van der Waals surface area contributed by atoms with Gasteiger partial charge in [0.05, 0.1) is 0 Å². The Morgan fingerprint density at radius 1 is 0.857 bits per heavy atom. The normalized spacial score (nSPS) is 16.2. The highest BCUT2D eigenvalue weighted by atomic mass is 32.2. The summed E-state index contributed by atoms with van der Waals surface area (Å²) in [7, 11) is -10.0. The molecule has 0 heterocycles. The average molecular weight is 364 g/mol. The van der Waals surface area contributed by atoms with E-state index in [1.54, 1.807) is 0 Å². The maximum Gasteiger partial charge on any atom is 0.461 e. The molecule has 21 heavy (non-hydrogen) atoms. The van der Waals surface area contributed by atoms with Gasteiger partial charge in [-0.2, -0.15) is 39.2 Å². The second-order valence-corrected chi connectivity index (χ2v) is 12.5. The summed E-state index contributed by atoms with van der Waals surface area (Å²) in [6.45, 7) is 6.43. The second-order valence-electron chi connectivity index (χ2n) is 5.89. The van der Waals surface area contributed by atoms with Crippen LogP contribution in [0.4, 0.5) is 30.7 Å². The van der Waals surface area contributed by atoms with Gasteiger partial charge in [0.2, 0.25) is 8.32 Å². The summed E-state index contributed by atoms with van der Waals surface area (Å²) in [5.74, 6) is -6.76. The van der Waals surface area contributed by atoms with Crippen LogP contribution in [0.25, 0.3) is 0 Å². The van der Waals surface area contributed by atoms with Crippen LogP contribution >= 0.6 is 0 Å². The van der Waals surface area contributed by atoms with Crippen molar-refractivity contribution >= 4 is 18.4 Å². The van der Waals surface area contributed by atoms with E-state index in [2.05, 4.69) is 3.87 Å². The first kappa shape index (κ1) is 20.6. The van der Waals surface area contributed by atoms with Crippen LogP contribution < -0.4 is 0 Å². The predicted octanol–water partition coefficient (Wildman–Crippen LogP) is 4.13. The molecule has 0 aliphatic carbocycles. The fourth-order valence-electron chi connectivity index (χ4n) is 0.774. The van der Waals surface area contributed by atoms with Gasteiger partial charge in [-0.25, -0.2) is 0 Å². The molecule has 0 aromatic rings. The minimum absolute atomic E-state index is 0.996. The lowest BCUT2D eigenvalue weighted by Crippen LogP contribution is -2.58. The van der Waals surface area contributed by atoms with Crippen molar-refractivity contribution in [3.05, 3.63) is 0 Å². The Labute approximate surface area is 118 Å². The highest BCUT2D eigenvalue weighted by Gasteiger charge is 2.79. The van der Waals surface area contributed by atoms with Crippen molar-refractivity contribution in [1.29, 1.82) is 0 Å². The zero-order valence-corrected chi connectivity index (χ0v) is 13.6. The van der Waals surface area contributed by atoms with Gasteiger partial charge in [-0.1, -0.05) is 20.8 Å². The van der Waals surface area contributed by atoms with Crippen molar-refractivity contribution in [3.8, 4) is 0 Å². The molecule has 12 heteroatoms. The van der Waals surface area contributed by atoms with E-state index >= 15 is 0 Å². The Morgan fingerprint density at radius 2 is 1.19 bits per heavy atom. The average Bonchev–Trinajstić information content (AvgIpc) is 2.11. The summed E-state index contributed by atoms with van der Waals surface area (Å²) < 4.78 is 115. The van der Waals surface area contributed by atoms with Crippen LogP contribution in [-0.4, -0.2) is 34.1 Å². The van der Waals surface area contributed by atoms with Crippen LogP contribution in [0.1, 0.15) is 20.8 Å². The van der Waals surface area contributed by atoms with E-state index in [0.717, 1.165) is 13.1 Å². The smallest absolute Gasteiger partial charge is 0.310 e. The molecule has 0 spiro atoms. The zero-order valence-electron chi connectivity index (χ0n) is 11.8. The number of hydrogen-bond acceptors (Lipinski definition) is 3. The van der Waals surface area contributed by atoms with Gasteiger partial charge in [0.25, 0.3) is 0 Å². The molecule has 0 aromatic heterocycles. The fraction of sp³-hybridized carbons (Fsp3) is 1.00. The van der Waals surface area contributed by atoms with Gasteiger partial charge in [0.1, 0.15) is 0 Å². The van der Waals surface area contributed by atoms with Crippen LogP contribution in [0, 0.1) is 0 Å². The van der Waals surface area contributed by atoms with E-state index in [9.17, 15) is 39.2 Å². The first-order valence-electron chi connectivity index (χ1n) is 5.48. The van der Waals surface area contributed by atoms with Gasteiger partial charge in [0.15, 0.2) is 0 Å². The van der Waals surface area contributed by atoms with E-state index < -0.39 is 40.8 Å². The third kappa shape index (κ3) is 3.52. The zero-order chi connectivity index (χ0) is 17.7. The molecule has 0 aliphatic rings. The summed E-state index contributed by atoms with van der Waals surface area (Å²) >= 11 is 0. The third-order valence-corrected chi connectivity index (χ3v) is 10.2. The molecule has 0 aliphatic heterocycles. The lowest BCUT2D eigenvalue weighted by Gasteiger charge is -2.37. The van der Waals surface area contributed by atoms with Gasteiger partial charge in [-0.3, -0.25) is 0 Å². The van der Waals surface area contributed by atoms with Crippen LogP contribution in [0.5, 0.6) is 0 Å². The summed E-state index contributed by atoms with van der Waals surface area (Å²) in [6.07, 6.45) is -6.74. The summed E-state index contributed by atoms with van der Waals surface area (Å²) in [4.78, 5) is 0. The molecule has 0 unspecified atom stereocenters. The molecule has 3 nitrogen and oxygen atoms in total. The first-order chi connectivity index (χ1) is 8.71. The molecule has 0 N–H and O–H groups in total. The number of alkyl halides is 7. The van der Waals surface area contributed by atoms with E-state index in [4.69, 9.17) is 0 Å². The van der Waals surface area contributed by atoms with Crippen molar-refractivity contribution in [2.24, 2.45) is 0 Å². The minimum atomic E-state index is -6.76. The van der Waals surface area contributed by atoms with Crippen LogP contribution in [-0.2, 0) is 14.0 Å². The molecule has 0 radical (unpaired) electrons. The fourth-order valence-corrected chi connectivity index (χ4v) is 4.82. The van der Waals surface area contributed by atoms with Gasteiger partial charge in [-0.15, -0.1) is 0 Å². The Bertz CT molecular complexity index is 490. The lowest BCUT2D eigenvalue weighted by molar-refractivity contribution is -0.333. The number of hydrogen-bond donors (Lipinski definition) is 0. The van der Waals surface area contributed by atoms with Crippen LogP contribution in [0.15, 0.2) is 0 Å². The molecule has 0 saturated carbocycles. The standard InChI is InChI=1S/C9H15F7O3SSi/c1-6(2,3)21(4,5)19-20(17,18)9(15,16)7(10,11)8(12,13)14/h1-5H3. The number of halogens is 7. The van der Waals surface area contributed by atoms with Gasteiger partial charge < -0.3 is 3.87 Å². The molecule has 0 saturated heterocycles. The molecule has 0 aromatic carbocycles. The summed E-state index contributed by atoms with van der Waals surface area (Å²) in [5.41, 5.74) is 0. The van der Waals surface area contributed by atoms with E-state index in [0.29, 0.717) is 0 Å².